The van der Waals surface area contributed by atoms with E-state index >= 15 is 0 Å². The molecule has 2 aromatic carbocycles. The number of benzene rings is 2. The van der Waals surface area contributed by atoms with Gasteiger partial charge < -0.3 is 16.0 Å². The van der Waals surface area contributed by atoms with E-state index in [2.05, 4.69) is 69.2 Å². The molecule has 33 heavy (non-hydrogen) atoms. The number of para-hydroxylation sites is 2. The van der Waals surface area contributed by atoms with Gasteiger partial charge in [-0.05, 0) is 30.5 Å². The molecule has 0 unspecified atom stereocenters. The molecule has 1 aliphatic carbocycles. The van der Waals surface area contributed by atoms with Crippen molar-refractivity contribution in [2.75, 3.05) is 29.0 Å². The molecule has 2 heterocycles. The van der Waals surface area contributed by atoms with Crippen LogP contribution in [-0.2, 0) is 0 Å². The Labute approximate surface area is 202 Å². The van der Waals surface area contributed by atoms with Gasteiger partial charge in [-0.1, -0.05) is 60.7 Å². The van der Waals surface area contributed by atoms with Crippen LogP contribution in [0, 0.1) is 0 Å². The molecule has 4 aromatic rings. The molecule has 0 fully saturated rings. The van der Waals surface area contributed by atoms with Crippen LogP contribution < -0.4 is 16.0 Å². The number of nitrogens with zero attached hydrogens (tertiary/aromatic N) is 2. The molecular formula is C26H25N5S2. The average molecular weight is 472 g/mol. The highest BCUT2D eigenvalue weighted by Gasteiger charge is 2.08. The van der Waals surface area contributed by atoms with Gasteiger partial charge in [0.05, 0.1) is 22.8 Å². The van der Waals surface area contributed by atoms with E-state index in [1.807, 2.05) is 30.3 Å². The van der Waals surface area contributed by atoms with E-state index in [1.165, 1.54) is 5.57 Å². The predicted octanol–water partition coefficient (Wildman–Crippen LogP) is 7.27. The number of rotatable bonds is 9. The molecule has 2 aromatic heterocycles. The molecule has 5 nitrogen and oxygen atoms in total. The van der Waals surface area contributed by atoms with Crippen LogP contribution in [0.1, 0.15) is 18.5 Å². The van der Waals surface area contributed by atoms with E-state index in [9.17, 15) is 0 Å². The second-order valence-electron chi connectivity index (χ2n) is 7.61. The molecule has 0 radical (unpaired) electrons. The van der Waals surface area contributed by atoms with Gasteiger partial charge in [0.25, 0.3) is 0 Å². The molecule has 0 saturated heterocycles. The Balaban J connectivity index is 1.16. The zero-order valence-corrected chi connectivity index (χ0v) is 19.8. The highest BCUT2D eigenvalue weighted by atomic mass is 32.1. The average Bonchev–Trinajstić information content (AvgIpc) is 3.54. The molecule has 0 atom stereocenters. The molecule has 0 amide bonds. The largest absolute Gasteiger partial charge is 0.382 e. The Kier molecular flexibility index (Phi) is 6.79. The summed E-state index contributed by atoms with van der Waals surface area (Å²) in [5, 5.41) is 16.4. The standard InChI is InChI=1S/C26H25N5S2/c1-3-9-19(10-4-1)23-17-32-25(30-23)28-16-15-27-21-13-7-8-14-22(21)29-26-31-24(18-33-26)20-11-5-2-6-12-20/h2-3,5-14,17-18,27H,1,4,15-16H2,(H,28,30)(H,29,31). The summed E-state index contributed by atoms with van der Waals surface area (Å²) in [5.41, 5.74) is 6.45. The lowest BCUT2D eigenvalue weighted by atomic mass is 10.1. The second-order valence-corrected chi connectivity index (χ2v) is 9.32. The first-order valence-corrected chi connectivity index (χ1v) is 12.8. The normalized spacial score (nSPS) is 12.9. The van der Waals surface area contributed by atoms with Gasteiger partial charge >= 0.3 is 0 Å². The lowest BCUT2D eigenvalue weighted by molar-refractivity contribution is 1.04. The quantitative estimate of drug-likeness (QED) is 0.224. The summed E-state index contributed by atoms with van der Waals surface area (Å²) in [6, 6.07) is 18.5. The number of allylic oxidation sites excluding steroid dienone is 4. The number of anilines is 4. The van der Waals surface area contributed by atoms with Crippen LogP contribution in [0.15, 0.2) is 83.6 Å². The highest BCUT2D eigenvalue weighted by molar-refractivity contribution is 7.14. The zero-order chi connectivity index (χ0) is 22.3. The van der Waals surface area contributed by atoms with Crippen molar-refractivity contribution in [3.63, 3.8) is 0 Å². The third kappa shape index (κ3) is 5.50. The van der Waals surface area contributed by atoms with Crippen LogP contribution in [0.5, 0.6) is 0 Å². The van der Waals surface area contributed by atoms with Crippen molar-refractivity contribution >= 4 is 49.9 Å². The van der Waals surface area contributed by atoms with Crippen LogP contribution >= 0.6 is 22.7 Å². The van der Waals surface area contributed by atoms with Crippen molar-refractivity contribution in [2.24, 2.45) is 0 Å². The molecule has 0 saturated carbocycles. The maximum atomic E-state index is 4.74. The SMILES string of the molecule is C1=CC(c2csc(NCCNc3ccccc3Nc3nc(-c4ccccc4)cs3)n2)=CCC1. The van der Waals surface area contributed by atoms with Crippen LogP contribution in [0.25, 0.3) is 16.8 Å². The fraction of sp³-hybridized carbons (Fsp3) is 0.154. The Morgan fingerprint density at radius 2 is 1.45 bits per heavy atom. The van der Waals surface area contributed by atoms with Crippen LogP contribution in [-0.4, -0.2) is 23.1 Å². The minimum Gasteiger partial charge on any atom is -0.382 e. The Morgan fingerprint density at radius 1 is 0.727 bits per heavy atom. The van der Waals surface area contributed by atoms with E-state index in [-0.39, 0.29) is 0 Å². The summed E-state index contributed by atoms with van der Waals surface area (Å²) in [6.07, 6.45) is 8.86. The fourth-order valence-electron chi connectivity index (χ4n) is 3.59. The van der Waals surface area contributed by atoms with Crippen LogP contribution in [0.3, 0.4) is 0 Å². The number of hydrogen-bond acceptors (Lipinski definition) is 7. The van der Waals surface area contributed by atoms with E-state index in [0.29, 0.717) is 0 Å². The van der Waals surface area contributed by atoms with E-state index in [1.54, 1.807) is 22.7 Å². The van der Waals surface area contributed by atoms with Crippen LogP contribution in [0.2, 0.25) is 0 Å². The fourth-order valence-corrected chi connectivity index (χ4v) is 5.07. The minimum absolute atomic E-state index is 0.781. The van der Waals surface area contributed by atoms with Gasteiger partial charge in [-0.3, -0.25) is 0 Å². The summed E-state index contributed by atoms with van der Waals surface area (Å²) in [7, 11) is 0. The maximum absolute atomic E-state index is 4.74. The summed E-state index contributed by atoms with van der Waals surface area (Å²) >= 11 is 3.26. The van der Waals surface area contributed by atoms with Gasteiger partial charge in [0.1, 0.15) is 0 Å². The number of aromatic nitrogens is 2. The summed E-state index contributed by atoms with van der Waals surface area (Å²) in [4.78, 5) is 9.46. The smallest absolute Gasteiger partial charge is 0.187 e. The Hall–Kier alpha value is -3.42. The number of nitrogens with one attached hydrogen (secondary N) is 3. The third-order valence-corrected chi connectivity index (χ3v) is 6.81. The highest BCUT2D eigenvalue weighted by Crippen LogP contribution is 2.30. The van der Waals surface area contributed by atoms with Crippen molar-refractivity contribution in [3.8, 4) is 11.3 Å². The van der Waals surface area contributed by atoms with Crippen molar-refractivity contribution in [1.29, 1.82) is 0 Å². The first-order chi connectivity index (χ1) is 16.3. The van der Waals surface area contributed by atoms with Crippen molar-refractivity contribution in [2.45, 2.75) is 12.8 Å². The molecule has 166 valence electrons. The van der Waals surface area contributed by atoms with E-state index in [4.69, 9.17) is 9.97 Å². The third-order valence-electron chi connectivity index (χ3n) is 5.25. The van der Waals surface area contributed by atoms with E-state index in [0.717, 1.165) is 64.5 Å². The first-order valence-electron chi connectivity index (χ1n) is 11.0. The van der Waals surface area contributed by atoms with Crippen molar-refractivity contribution in [1.82, 2.24) is 9.97 Å². The first kappa shape index (κ1) is 21.4. The monoisotopic (exact) mass is 471 g/mol. The van der Waals surface area contributed by atoms with Gasteiger partial charge in [0, 0.05) is 29.4 Å². The second kappa shape index (κ2) is 10.5. The lowest BCUT2D eigenvalue weighted by Gasteiger charge is -2.12. The summed E-state index contributed by atoms with van der Waals surface area (Å²) < 4.78 is 0. The lowest BCUT2D eigenvalue weighted by Crippen LogP contribution is -2.14. The van der Waals surface area contributed by atoms with Gasteiger partial charge in [-0.15, -0.1) is 22.7 Å². The topological polar surface area (TPSA) is 61.9 Å². The van der Waals surface area contributed by atoms with Gasteiger partial charge in [-0.2, -0.15) is 0 Å². The predicted molar refractivity (Wildman–Crippen MR) is 143 cm³/mol. The zero-order valence-electron chi connectivity index (χ0n) is 18.1. The maximum Gasteiger partial charge on any atom is 0.187 e. The van der Waals surface area contributed by atoms with Gasteiger partial charge in [-0.25, -0.2) is 9.97 Å². The molecule has 0 bridgehead atoms. The number of thiazole rings is 2. The van der Waals surface area contributed by atoms with Crippen LogP contribution in [0.4, 0.5) is 21.6 Å². The Morgan fingerprint density at radius 3 is 2.30 bits per heavy atom. The molecule has 3 N–H and O–H groups in total. The van der Waals surface area contributed by atoms with Gasteiger partial charge in [0.15, 0.2) is 10.3 Å². The minimum atomic E-state index is 0.781. The molecule has 0 aliphatic heterocycles. The molecule has 1 aliphatic rings. The van der Waals surface area contributed by atoms with Gasteiger partial charge in [0.2, 0.25) is 0 Å². The summed E-state index contributed by atoms with van der Waals surface area (Å²) in [5.74, 6) is 0. The summed E-state index contributed by atoms with van der Waals surface area (Å²) in [6.45, 7) is 1.56. The molecule has 0 spiro atoms. The van der Waals surface area contributed by atoms with Crippen molar-refractivity contribution < 1.29 is 0 Å². The molecular weight excluding hydrogens is 446 g/mol. The van der Waals surface area contributed by atoms with Crippen molar-refractivity contribution in [3.05, 3.63) is 89.3 Å². The molecule has 5 rings (SSSR count). The molecule has 7 heteroatoms. The van der Waals surface area contributed by atoms with E-state index < -0.39 is 0 Å². The number of hydrogen-bond donors (Lipinski definition) is 3. The Bertz CT molecular complexity index is 1260.